The van der Waals surface area contributed by atoms with Gasteiger partial charge in [-0.15, -0.1) is 0 Å². The maximum absolute atomic E-state index is 10.2. The molecule has 1 aliphatic carbocycles. The van der Waals surface area contributed by atoms with Crippen LogP contribution in [-0.4, -0.2) is 23.0 Å². The van der Waals surface area contributed by atoms with Crippen molar-refractivity contribution >= 4 is 17.9 Å². The first-order valence-electron chi connectivity index (χ1n) is 3.11. The van der Waals surface area contributed by atoms with E-state index in [1.807, 2.05) is 0 Å². The Labute approximate surface area is 66.4 Å². The number of carbonyl (C=O) groups excluding carboxylic acids is 2. The maximum atomic E-state index is 10.2. The lowest BCUT2D eigenvalue weighted by Crippen LogP contribution is -2.30. The van der Waals surface area contributed by atoms with Gasteiger partial charge in [0, 0.05) is 23.8 Å². The SMILES string of the molecule is O=C([O-])C1C(C(=O)[O-])C1C(=O)O. The average Bonchev–Trinajstić information content (AvgIpc) is 2.58. The fourth-order valence-electron chi connectivity index (χ4n) is 1.20. The van der Waals surface area contributed by atoms with E-state index in [1.165, 1.54) is 0 Å². The zero-order valence-electron chi connectivity index (χ0n) is 5.72. The highest BCUT2D eigenvalue weighted by Gasteiger charge is 2.56. The summed E-state index contributed by atoms with van der Waals surface area (Å²) in [6.45, 7) is 0. The monoisotopic (exact) mass is 172 g/mol. The summed E-state index contributed by atoms with van der Waals surface area (Å²) in [5, 5.41) is 28.6. The van der Waals surface area contributed by atoms with Crippen molar-refractivity contribution in [2.45, 2.75) is 0 Å². The van der Waals surface area contributed by atoms with Gasteiger partial charge in [-0.2, -0.15) is 0 Å². The van der Waals surface area contributed by atoms with Gasteiger partial charge in [0.05, 0.1) is 5.92 Å². The third kappa shape index (κ3) is 1.11. The molecule has 1 saturated carbocycles. The Hall–Kier alpha value is -1.59. The van der Waals surface area contributed by atoms with Crippen LogP contribution in [0.3, 0.4) is 0 Å². The van der Waals surface area contributed by atoms with Crippen molar-refractivity contribution in [2.24, 2.45) is 17.8 Å². The molecule has 66 valence electrons. The van der Waals surface area contributed by atoms with Gasteiger partial charge in [-0.1, -0.05) is 0 Å². The van der Waals surface area contributed by atoms with Gasteiger partial charge in [-0.05, 0) is 0 Å². The fraction of sp³-hybridized carbons (Fsp3) is 0.500. The van der Waals surface area contributed by atoms with Crippen molar-refractivity contribution in [2.75, 3.05) is 0 Å². The van der Waals surface area contributed by atoms with Crippen molar-refractivity contribution in [3.8, 4) is 0 Å². The minimum atomic E-state index is -1.66. The van der Waals surface area contributed by atoms with E-state index < -0.39 is 35.7 Å². The van der Waals surface area contributed by atoms with Crippen LogP contribution in [0.15, 0.2) is 0 Å². The van der Waals surface area contributed by atoms with E-state index in [1.54, 1.807) is 0 Å². The van der Waals surface area contributed by atoms with Crippen LogP contribution in [0.25, 0.3) is 0 Å². The van der Waals surface area contributed by atoms with Crippen molar-refractivity contribution in [1.29, 1.82) is 0 Å². The minimum absolute atomic E-state index is 1.39. The van der Waals surface area contributed by atoms with Crippen LogP contribution >= 0.6 is 0 Å². The maximum Gasteiger partial charge on any atom is 0.307 e. The molecule has 1 fully saturated rings. The second-order valence-electron chi connectivity index (χ2n) is 2.55. The van der Waals surface area contributed by atoms with E-state index in [9.17, 15) is 24.6 Å². The van der Waals surface area contributed by atoms with Crippen molar-refractivity contribution in [3.05, 3.63) is 0 Å². The molecule has 0 radical (unpaired) electrons. The van der Waals surface area contributed by atoms with E-state index in [-0.39, 0.29) is 0 Å². The molecule has 0 bridgehead atoms. The molecular weight excluding hydrogens is 168 g/mol. The molecule has 2 atom stereocenters. The predicted molar refractivity (Wildman–Crippen MR) is 28.1 cm³/mol. The van der Waals surface area contributed by atoms with Crippen LogP contribution in [0.4, 0.5) is 0 Å². The normalized spacial score (nSPS) is 32.5. The van der Waals surface area contributed by atoms with Gasteiger partial charge in [0.2, 0.25) is 0 Å². The van der Waals surface area contributed by atoms with Crippen LogP contribution < -0.4 is 10.2 Å². The van der Waals surface area contributed by atoms with Crippen LogP contribution in [-0.2, 0) is 14.4 Å². The van der Waals surface area contributed by atoms with Gasteiger partial charge in [0.1, 0.15) is 0 Å². The third-order valence-electron chi connectivity index (χ3n) is 1.85. The molecule has 0 spiro atoms. The second kappa shape index (κ2) is 2.47. The van der Waals surface area contributed by atoms with E-state index >= 15 is 0 Å². The number of rotatable bonds is 3. The molecule has 0 aromatic heterocycles. The van der Waals surface area contributed by atoms with E-state index in [2.05, 4.69) is 0 Å². The Kier molecular flexibility index (Phi) is 1.75. The molecule has 0 aromatic rings. The zero-order valence-corrected chi connectivity index (χ0v) is 5.72. The largest absolute Gasteiger partial charge is 0.550 e. The first-order valence-corrected chi connectivity index (χ1v) is 3.11. The van der Waals surface area contributed by atoms with Gasteiger partial charge in [-0.3, -0.25) is 4.79 Å². The highest BCUT2D eigenvalue weighted by Crippen LogP contribution is 2.45. The highest BCUT2D eigenvalue weighted by molar-refractivity contribution is 5.94. The summed E-state index contributed by atoms with van der Waals surface area (Å²) >= 11 is 0. The fourth-order valence-corrected chi connectivity index (χ4v) is 1.20. The van der Waals surface area contributed by atoms with E-state index in [4.69, 9.17) is 5.11 Å². The average molecular weight is 172 g/mol. The molecule has 0 saturated heterocycles. The van der Waals surface area contributed by atoms with Crippen molar-refractivity contribution in [1.82, 2.24) is 0 Å². The first kappa shape index (κ1) is 8.51. The predicted octanol–water partition coefficient (Wildman–Crippen LogP) is -3.57. The standard InChI is InChI=1S/C6H6O6/c7-4(8)1-2(5(9)10)3(1)6(11)12/h1-3H,(H,7,8)(H,9,10)(H,11,12)/p-2. The van der Waals surface area contributed by atoms with Gasteiger partial charge in [-0.25, -0.2) is 0 Å². The minimum Gasteiger partial charge on any atom is -0.550 e. The second-order valence-corrected chi connectivity index (χ2v) is 2.55. The molecular formula is C6H4O6-2. The summed E-state index contributed by atoms with van der Waals surface area (Å²) < 4.78 is 0. The number of aliphatic carboxylic acids is 3. The first-order chi connectivity index (χ1) is 5.46. The summed E-state index contributed by atoms with van der Waals surface area (Å²) in [5.74, 6) is -9.02. The Morgan fingerprint density at radius 3 is 1.33 bits per heavy atom. The number of carboxylic acid groups (broad SMARTS) is 3. The number of carbonyl (C=O) groups is 3. The van der Waals surface area contributed by atoms with Crippen molar-refractivity contribution < 1.29 is 29.7 Å². The summed E-state index contributed by atoms with van der Waals surface area (Å²) in [6.07, 6.45) is 0. The molecule has 1 N–H and O–H groups in total. The van der Waals surface area contributed by atoms with Crippen LogP contribution in [0, 0.1) is 17.8 Å². The van der Waals surface area contributed by atoms with E-state index in [0.29, 0.717) is 0 Å². The molecule has 0 heterocycles. The summed E-state index contributed by atoms with van der Waals surface area (Å²) in [6, 6.07) is 0. The zero-order chi connectivity index (χ0) is 9.46. The van der Waals surface area contributed by atoms with Crippen LogP contribution in [0.5, 0.6) is 0 Å². The number of hydrogen-bond donors (Lipinski definition) is 1. The molecule has 6 nitrogen and oxygen atoms in total. The van der Waals surface area contributed by atoms with Gasteiger partial charge >= 0.3 is 5.97 Å². The summed E-state index contributed by atoms with van der Waals surface area (Å²) in [7, 11) is 0. The molecule has 2 unspecified atom stereocenters. The summed E-state index contributed by atoms with van der Waals surface area (Å²) in [4.78, 5) is 30.5. The lowest BCUT2D eigenvalue weighted by molar-refractivity contribution is -0.316. The topological polar surface area (TPSA) is 118 Å². The Morgan fingerprint density at radius 2 is 1.25 bits per heavy atom. The third-order valence-corrected chi connectivity index (χ3v) is 1.85. The molecule has 0 amide bonds. The Morgan fingerprint density at radius 1 is 0.917 bits per heavy atom. The molecule has 0 aromatic carbocycles. The Bertz CT molecular complexity index is 208. The highest BCUT2D eigenvalue weighted by atomic mass is 16.4. The molecule has 1 rings (SSSR count). The van der Waals surface area contributed by atoms with Crippen LogP contribution in [0.1, 0.15) is 0 Å². The molecule has 6 heteroatoms. The number of hydrogen-bond acceptors (Lipinski definition) is 5. The lowest BCUT2D eigenvalue weighted by atomic mass is 10.3. The Balaban J connectivity index is 2.74. The van der Waals surface area contributed by atoms with E-state index in [0.717, 1.165) is 0 Å². The quantitative estimate of drug-likeness (QED) is 0.470. The van der Waals surface area contributed by atoms with Crippen molar-refractivity contribution in [3.63, 3.8) is 0 Å². The number of carboxylic acids is 3. The van der Waals surface area contributed by atoms with Crippen LogP contribution in [0.2, 0.25) is 0 Å². The lowest BCUT2D eigenvalue weighted by Gasteiger charge is -1.99. The molecule has 0 aliphatic heterocycles. The molecule has 1 aliphatic rings. The molecule has 12 heavy (non-hydrogen) atoms. The van der Waals surface area contributed by atoms with Gasteiger partial charge in [0.25, 0.3) is 0 Å². The smallest absolute Gasteiger partial charge is 0.307 e. The van der Waals surface area contributed by atoms with Gasteiger partial charge in [0.15, 0.2) is 0 Å². The summed E-state index contributed by atoms with van der Waals surface area (Å²) in [5.41, 5.74) is 0. The van der Waals surface area contributed by atoms with Gasteiger partial charge < -0.3 is 24.9 Å².